The average molecular weight is 344 g/mol. The lowest BCUT2D eigenvalue weighted by atomic mass is 10.1. The summed E-state index contributed by atoms with van der Waals surface area (Å²) in [5, 5.41) is 0. The van der Waals surface area contributed by atoms with E-state index in [-0.39, 0.29) is 6.61 Å². The summed E-state index contributed by atoms with van der Waals surface area (Å²) in [5.41, 5.74) is 0. The summed E-state index contributed by atoms with van der Waals surface area (Å²) in [4.78, 5) is 45.2. The zero-order chi connectivity index (χ0) is 18.3. The second kappa shape index (κ2) is 9.02. The summed E-state index contributed by atoms with van der Waals surface area (Å²) in [5.74, 6) is -2.62. The van der Waals surface area contributed by atoms with Crippen LogP contribution in [0.25, 0.3) is 0 Å². The first-order valence-corrected chi connectivity index (χ1v) is 7.26. The molecule has 134 valence electrons. The van der Waals surface area contributed by atoms with Crippen LogP contribution in [0.3, 0.4) is 0 Å². The van der Waals surface area contributed by atoms with Crippen molar-refractivity contribution >= 4 is 23.9 Å². The Labute approximate surface area is 138 Å². The minimum Gasteiger partial charge on any atom is -0.463 e. The molecule has 0 N–H and O–H groups in total. The lowest BCUT2D eigenvalue weighted by Crippen LogP contribution is -2.40. The predicted molar refractivity (Wildman–Crippen MR) is 77.3 cm³/mol. The van der Waals surface area contributed by atoms with Crippen molar-refractivity contribution in [2.24, 2.45) is 0 Å². The van der Waals surface area contributed by atoms with Gasteiger partial charge in [-0.15, -0.1) is 0 Å². The summed E-state index contributed by atoms with van der Waals surface area (Å²) < 4.78 is 25.3. The van der Waals surface area contributed by atoms with Crippen LogP contribution < -0.4 is 0 Å². The van der Waals surface area contributed by atoms with Crippen molar-refractivity contribution in [3.8, 4) is 0 Å². The molecule has 1 fully saturated rings. The van der Waals surface area contributed by atoms with Crippen LogP contribution in [0, 0.1) is 0 Å². The van der Waals surface area contributed by atoms with Crippen LogP contribution in [0.15, 0.2) is 12.2 Å². The van der Waals surface area contributed by atoms with E-state index in [9.17, 15) is 19.2 Å². The van der Waals surface area contributed by atoms with Gasteiger partial charge in [0.05, 0.1) is 6.61 Å². The molecule has 0 spiro atoms. The van der Waals surface area contributed by atoms with Crippen molar-refractivity contribution < 1.29 is 42.9 Å². The zero-order valence-corrected chi connectivity index (χ0v) is 13.8. The Hall–Kier alpha value is -2.42. The van der Waals surface area contributed by atoms with Gasteiger partial charge in [0.25, 0.3) is 0 Å². The van der Waals surface area contributed by atoms with Crippen molar-refractivity contribution in [1.29, 1.82) is 0 Å². The molecule has 0 aromatic rings. The standard InChI is InChI=1S/C15H20O9/c1-5-20-12(19)7-6-11-13(21-8(2)16)14(22-9(3)17)15(24-11)23-10(4)18/h6-7,11,13-15H,5H2,1-4H3/t11-,13-,14-,15-/m1/s1. The van der Waals surface area contributed by atoms with Crippen LogP contribution in [0.1, 0.15) is 27.7 Å². The molecule has 0 bridgehead atoms. The van der Waals surface area contributed by atoms with Gasteiger partial charge in [-0.05, 0) is 13.0 Å². The van der Waals surface area contributed by atoms with Crippen molar-refractivity contribution in [2.75, 3.05) is 6.61 Å². The molecule has 9 nitrogen and oxygen atoms in total. The lowest BCUT2D eigenvalue weighted by molar-refractivity contribution is -0.194. The Bertz CT molecular complexity index is 525. The molecule has 4 atom stereocenters. The van der Waals surface area contributed by atoms with Crippen molar-refractivity contribution in [3.05, 3.63) is 12.2 Å². The van der Waals surface area contributed by atoms with Crippen LogP contribution in [0.4, 0.5) is 0 Å². The summed E-state index contributed by atoms with van der Waals surface area (Å²) in [6.07, 6.45) is -2.11. The molecule has 1 rings (SSSR count). The SMILES string of the molecule is CCOC(=O)C=C[C@H]1O[C@@H](OC(C)=O)[C@H](OC(C)=O)[C@@H]1OC(C)=O. The minimum absolute atomic E-state index is 0.189. The molecule has 9 heteroatoms. The molecule has 1 aliphatic rings. The third kappa shape index (κ3) is 5.99. The van der Waals surface area contributed by atoms with Gasteiger partial charge < -0.3 is 23.7 Å². The highest BCUT2D eigenvalue weighted by molar-refractivity contribution is 5.82. The van der Waals surface area contributed by atoms with E-state index in [1.807, 2.05) is 0 Å². The summed E-state index contributed by atoms with van der Waals surface area (Å²) in [6.45, 7) is 5.30. The van der Waals surface area contributed by atoms with E-state index < -0.39 is 48.5 Å². The molecule has 1 aliphatic heterocycles. The molecule has 0 aromatic heterocycles. The maximum absolute atomic E-state index is 11.4. The van der Waals surface area contributed by atoms with Gasteiger partial charge in [0.1, 0.15) is 6.10 Å². The fourth-order valence-corrected chi connectivity index (χ4v) is 2.07. The molecular formula is C15H20O9. The largest absolute Gasteiger partial charge is 0.463 e. The van der Waals surface area contributed by atoms with E-state index in [0.717, 1.165) is 26.8 Å². The highest BCUT2D eigenvalue weighted by atomic mass is 16.7. The quantitative estimate of drug-likeness (QED) is 0.380. The second-order valence-electron chi connectivity index (χ2n) is 4.84. The van der Waals surface area contributed by atoms with Crippen molar-refractivity contribution in [3.63, 3.8) is 0 Å². The fraction of sp³-hybridized carbons (Fsp3) is 0.600. The Morgan fingerprint density at radius 2 is 1.46 bits per heavy atom. The van der Waals surface area contributed by atoms with E-state index in [2.05, 4.69) is 0 Å². The van der Waals surface area contributed by atoms with Gasteiger partial charge in [0.2, 0.25) is 12.4 Å². The van der Waals surface area contributed by atoms with Gasteiger partial charge in [0, 0.05) is 26.8 Å². The van der Waals surface area contributed by atoms with E-state index in [4.69, 9.17) is 23.7 Å². The maximum Gasteiger partial charge on any atom is 0.330 e. The first kappa shape index (κ1) is 19.6. The van der Waals surface area contributed by atoms with E-state index in [1.54, 1.807) is 6.92 Å². The van der Waals surface area contributed by atoms with E-state index in [1.165, 1.54) is 6.08 Å². The average Bonchev–Trinajstić information content (AvgIpc) is 2.73. The van der Waals surface area contributed by atoms with Gasteiger partial charge >= 0.3 is 23.9 Å². The fourth-order valence-electron chi connectivity index (χ4n) is 2.07. The monoisotopic (exact) mass is 344 g/mol. The second-order valence-corrected chi connectivity index (χ2v) is 4.84. The molecule has 1 heterocycles. The molecule has 24 heavy (non-hydrogen) atoms. The number of ether oxygens (including phenoxy) is 5. The molecule has 0 aromatic carbocycles. The Morgan fingerprint density at radius 1 is 0.917 bits per heavy atom. The van der Waals surface area contributed by atoms with Crippen LogP contribution in [-0.2, 0) is 42.9 Å². The first-order valence-electron chi connectivity index (χ1n) is 7.26. The molecule has 0 amide bonds. The van der Waals surface area contributed by atoms with Gasteiger partial charge in [-0.25, -0.2) is 4.79 Å². The summed E-state index contributed by atoms with van der Waals surface area (Å²) in [6, 6.07) is 0. The Balaban J connectivity index is 3.01. The number of esters is 4. The van der Waals surface area contributed by atoms with Crippen molar-refractivity contribution in [1.82, 2.24) is 0 Å². The highest BCUT2D eigenvalue weighted by Crippen LogP contribution is 2.29. The topological polar surface area (TPSA) is 114 Å². The maximum atomic E-state index is 11.4. The van der Waals surface area contributed by atoms with E-state index in [0.29, 0.717) is 0 Å². The molecule has 0 saturated carbocycles. The number of hydrogen-bond acceptors (Lipinski definition) is 9. The Morgan fingerprint density at radius 3 is 1.96 bits per heavy atom. The minimum atomic E-state index is -1.27. The highest BCUT2D eigenvalue weighted by Gasteiger charge is 2.50. The first-order chi connectivity index (χ1) is 11.2. The number of rotatable bonds is 6. The zero-order valence-electron chi connectivity index (χ0n) is 13.8. The smallest absolute Gasteiger partial charge is 0.330 e. The van der Waals surface area contributed by atoms with Gasteiger partial charge in [-0.3, -0.25) is 14.4 Å². The van der Waals surface area contributed by atoms with Gasteiger partial charge in [0.15, 0.2) is 6.10 Å². The number of hydrogen-bond donors (Lipinski definition) is 0. The summed E-state index contributed by atoms with van der Waals surface area (Å²) in [7, 11) is 0. The number of carbonyl (C=O) groups is 4. The van der Waals surface area contributed by atoms with Gasteiger partial charge in [-0.2, -0.15) is 0 Å². The lowest BCUT2D eigenvalue weighted by Gasteiger charge is -2.22. The molecule has 1 saturated heterocycles. The summed E-state index contributed by atoms with van der Waals surface area (Å²) >= 11 is 0. The molecular weight excluding hydrogens is 324 g/mol. The van der Waals surface area contributed by atoms with Crippen molar-refractivity contribution in [2.45, 2.75) is 52.3 Å². The van der Waals surface area contributed by atoms with Crippen LogP contribution in [0.5, 0.6) is 0 Å². The van der Waals surface area contributed by atoms with Gasteiger partial charge in [-0.1, -0.05) is 0 Å². The number of carbonyl (C=O) groups excluding carboxylic acids is 4. The molecule has 0 radical (unpaired) electrons. The third-order valence-electron chi connectivity index (χ3n) is 2.80. The van der Waals surface area contributed by atoms with E-state index >= 15 is 0 Å². The van der Waals surface area contributed by atoms with Crippen LogP contribution in [0.2, 0.25) is 0 Å². The predicted octanol–water partition coefficient (Wildman–Crippen LogP) is 0.257. The Kier molecular flexibility index (Phi) is 7.37. The van der Waals surface area contributed by atoms with Crippen LogP contribution in [-0.4, -0.2) is 55.1 Å². The molecule has 0 unspecified atom stereocenters. The van der Waals surface area contributed by atoms with Crippen LogP contribution >= 0.6 is 0 Å². The molecule has 0 aliphatic carbocycles. The normalized spacial score (nSPS) is 26.0. The third-order valence-corrected chi connectivity index (χ3v) is 2.80.